The van der Waals surface area contributed by atoms with Crippen LogP contribution in [0.1, 0.15) is 24.8 Å². The molecule has 0 spiro atoms. The topological polar surface area (TPSA) is 50.8 Å². The van der Waals surface area contributed by atoms with Gasteiger partial charge in [0.1, 0.15) is 11.9 Å². The van der Waals surface area contributed by atoms with E-state index >= 15 is 0 Å². The Labute approximate surface area is 132 Å². The number of rotatable bonds is 6. The fraction of sp³-hybridized carbons (Fsp3) is 0.588. The molecule has 1 aliphatic heterocycles. The van der Waals surface area contributed by atoms with Crippen LogP contribution in [0.5, 0.6) is 5.75 Å². The van der Waals surface area contributed by atoms with Gasteiger partial charge in [-0.25, -0.2) is 4.79 Å². The number of benzene rings is 1. The molecule has 0 unspecified atom stereocenters. The van der Waals surface area contributed by atoms with Crippen molar-refractivity contribution in [2.75, 3.05) is 33.8 Å². The third-order valence-electron chi connectivity index (χ3n) is 4.11. The van der Waals surface area contributed by atoms with Crippen LogP contribution >= 0.6 is 0 Å². The number of nitrogens with one attached hydrogen (secondary N) is 1. The molecule has 5 nitrogen and oxygen atoms in total. The van der Waals surface area contributed by atoms with Gasteiger partial charge in [-0.05, 0) is 49.9 Å². The number of alkyl carbamates (subject to hydrolysis) is 1. The Hall–Kier alpha value is -1.75. The van der Waals surface area contributed by atoms with E-state index in [2.05, 4.69) is 22.3 Å². The van der Waals surface area contributed by atoms with Crippen molar-refractivity contribution < 1.29 is 14.3 Å². The lowest BCUT2D eigenvalue weighted by molar-refractivity contribution is 0.0517. The van der Waals surface area contributed by atoms with Gasteiger partial charge in [0.05, 0.1) is 7.11 Å². The highest BCUT2D eigenvalue weighted by Gasteiger charge is 2.21. The van der Waals surface area contributed by atoms with Gasteiger partial charge < -0.3 is 19.7 Å². The first-order valence-corrected chi connectivity index (χ1v) is 7.95. The second kappa shape index (κ2) is 8.63. The molecule has 22 heavy (non-hydrogen) atoms. The molecule has 1 amide bonds. The summed E-state index contributed by atoms with van der Waals surface area (Å²) in [6.45, 7) is 3.10. The zero-order valence-electron chi connectivity index (χ0n) is 13.5. The highest BCUT2D eigenvalue weighted by molar-refractivity contribution is 5.66. The third-order valence-corrected chi connectivity index (χ3v) is 4.11. The van der Waals surface area contributed by atoms with Crippen LogP contribution in [0.3, 0.4) is 0 Å². The van der Waals surface area contributed by atoms with Gasteiger partial charge in [-0.3, -0.25) is 0 Å². The SMILES string of the molecule is CNC(=O)OC1CCN(CCCc2ccc(OC)cc2)CC1. The van der Waals surface area contributed by atoms with Crippen LogP contribution in [-0.4, -0.2) is 50.9 Å². The Morgan fingerprint density at radius 3 is 2.55 bits per heavy atom. The molecule has 0 aromatic heterocycles. The standard InChI is InChI=1S/C17H26N2O3/c1-18-17(20)22-16-9-12-19(13-10-16)11-3-4-14-5-7-15(21-2)8-6-14/h5-8,16H,3-4,9-13H2,1-2H3,(H,18,20). The quantitative estimate of drug-likeness (QED) is 0.877. The highest BCUT2D eigenvalue weighted by Crippen LogP contribution is 2.16. The third kappa shape index (κ3) is 5.22. The Morgan fingerprint density at radius 2 is 1.95 bits per heavy atom. The van der Waals surface area contributed by atoms with Gasteiger partial charge in [0.15, 0.2) is 0 Å². The predicted octanol–water partition coefficient (Wildman–Crippen LogP) is 2.45. The van der Waals surface area contributed by atoms with Crippen LogP contribution in [-0.2, 0) is 11.2 Å². The van der Waals surface area contributed by atoms with Gasteiger partial charge >= 0.3 is 6.09 Å². The minimum atomic E-state index is -0.321. The molecule has 122 valence electrons. The van der Waals surface area contributed by atoms with E-state index in [4.69, 9.17) is 9.47 Å². The zero-order valence-corrected chi connectivity index (χ0v) is 13.5. The number of ether oxygens (including phenoxy) is 2. The number of likely N-dealkylation sites (tertiary alicyclic amines) is 1. The summed E-state index contributed by atoms with van der Waals surface area (Å²) in [6, 6.07) is 8.28. The molecule has 0 bridgehead atoms. The number of carbonyl (C=O) groups excluding carboxylic acids is 1. The van der Waals surface area contributed by atoms with Crippen molar-refractivity contribution in [1.29, 1.82) is 0 Å². The smallest absolute Gasteiger partial charge is 0.407 e. The van der Waals surface area contributed by atoms with E-state index in [1.165, 1.54) is 5.56 Å². The van der Waals surface area contributed by atoms with Crippen LogP contribution in [0.4, 0.5) is 4.79 Å². The van der Waals surface area contributed by atoms with Crippen molar-refractivity contribution in [1.82, 2.24) is 10.2 Å². The molecule has 0 aliphatic carbocycles. The number of carbonyl (C=O) groups is 1. The van der Waals surface area contributed by atoms with Crippen molar-refractivity contribution >= 4 is 6.09 Å². The second-order valence-electron chi connectivity index (χ2n) is 5.65. The molecule has 0 radical (unpaired) electrons. The fourth-order valence-corrected chi connectivity index (χ4v) is 2.76. The maximum Gasteiger partial charge on any atom is 0.407 e. The lowest BCUT2D eigenvalue weighted by atomic mass is 10.1. The Kier molecular flexibility index (Phi) is 6.52. The van der Waals surface area contributed by atoms with Gasteiger partial charge in [0, 0.05) is 20.1 Å². The van der Waals surface area contributed by atoms with Crippen LogP contribution in [0, 0.1) is 0 Å². The van der Waals surface area contributed by atoms with Crippen LogP contribution in [0.25, 0.3) is 0 Å². The lowest BCUT2D eigenvalue weighted by Gasteiger charge is -2.31. The molecule has 1 saturated heterocycles. The van der Waals surface area contributed by atoms with Crippen LogP contribution < -0.4 is 10.1 Å². The van der Waals surface area contributed by atoms with E-state index in [0.717, 1.165) is 51.1 Å². The van der Waals surface area contributed by atoms with Crippen molar-refractivity contribution in [2.45, 2.75) is 31.8 Å². The summed E-state index contributed by atoms with van der Waals surface area (Å²) in [5.41, 5.74) is 1.35. The first-order valence-electron chi connectivity index (χ1n) is 7.95. The summed E-state index contributed by atoms with van der Waals surface area (Å²) < 4.78 is 10.5. The molecule has 1 aromatic rings. The zero-order chi connectivity index (χ0) is 15.8. The minimum absolute atomic E-state index is 0.0674. The van der Waals surface area contributed by atoms with E-state index in [1.807, 2.05) is 12.1 Å². The second-order valence-corrected chi connectivity index (χ2v) is 5.65. The number of methoxy groups -OCH3 is 1. The van der Waals surface area contributed by atoms with Gasteiger partial charge in [-0.15, -0.1) is 0 Å². The number of hydrogen-bond acceptors (Lipinski definition) is 4. The molecular weight excluding hydrogens is 280 g/mol. The van der Waals surface area contributed by atoms with E-state index in [1.54, 1.807) is 14.2 Å². The summed E-state index contributed by atoms with van der Waals surface area (Å²) in [5.74, 6) is 0.905. The Balaban J connectivity index is 1.63. The van der Waals surface area contributed by atoms with Crippen molar-refractivity contribution in [2.24, 2.45) is 0 Å². The van der Waals surface area contributed by atoms with Crippen LogP contribution in [0.15, 0.2) is 24.3 Å². The van der Waals surface area contributed by atoms with E-state index < -0.39 is 0 Å². The molecule has 1 aliphatic rings. The molecule has 2 rings (SSSR count). The van der Waals surface area contributed by atoms with Crippen molar-refractivity contribution in [3.8, 4) is 5.75 Å². The summed E-state index contributed by atoms with van der Waals surface area (Å²) in [7, 11) is 3.28. The number of piperidine rings is 1. The molecule has 1 aromatic carbocycles. The molecule has 1 fully saturated rings. The van der Waals surface area contributed by atoms with Crippen molar-refractivity contribution in [3.63, 3.8) is 0 Å². The average molecular weight is 306 g/mol. The number of nitrogens with zero attached hydrogens (tertiary/aromatic N) is 1. The normalized spacial score (nSPS) is 16.3. The molecular formula is C17H26N2O3. The minimum Gasteiger partial charge on any atom is -0.497 e. The number of aryl methyl sites for hydroxylation is 1. The molecule has 1 heterocycles. The summed E-state index contributed by atoms with van der Waals surface area (Å²) in [6.07, 6.45) is 3.83. The summed E-state index contributed by atoms with van der Waals surface area (Å²) in [4.78, 5) is 13.6. The van der Waals surface area contributed by atoms with Crippen LogP contribution in [0.2, 0.25) is 0 Å². The average Bonchev–Trinajstić information content (AvgIpc) is 2.57. The molecule has 0 atom stereocenters. The van der Waals surface area contributed by atoms with Gasteiger partial charge in [-0.1, -0.05) is 12.1 Å². The molecule has 0 saturated carbocycles. The summed E-state index contributed by atoms with van der Waals surface area (Å²) in [5, 5.41) is 2.50. The number of amides is 1. The van der Waals surface area contributed by atoms with Gasteiger partial charge in [-0.2, -0.15) is 0 Å². The number of hydrogen-bond donors (Lipinski definition) is 1. The molecule has 5 heteroatoms. The fourth-order valence-electron chi connectivity index (χ4n) is 2.76. The first kappa shape index (κ1) is 16.6. The largest absolute Gasteiger partial charge is 0.497 e. The van der Waals surface area contributed by atoms with E-state index in [0.29, 0.717) is 0 Å². The monoisotopic (exact) mass is 306 g/mol. The van der Waals surface area contributed by atoms with Crippen molar-refractivity contribution in [3.05, 3.63) is 29.8 Å². The maximum atomic E-state index is 11.2. The maximum absolute atomic E-state index is 11.2. The molecule has 1 N–H and O–H groups in total. The highest BCUT2D eigenvalue weighted by atomic mass is 16.6. The lowest BCUT2D eigenvalue weighted by Crippen LogP contribution is -2.39. The van der Waals surface area contributed by atoms with E-state index in [9.17, 15) is 4.79 Å². The van der Waals surface area contributed by atoms with Gasteiger partial charge in [0.2, 0.25) is 0 Å². The Bertz CT molecular complexity index is 453. The van der Waals surface area contributed by atoms with Gasteiger partial charge in [0.25, 0.3) is 0 Å². The predicted molar refractivity (Wildman–Crippen MR) is 86.3 cm³/mol. The first-order chi connectivity index (χ1) is 10.7. The Morgan fingerprint density at radius 1 is 1.27 bits per heavy atom. The summed E-state index contributed by atoms with van der Waals surface area (Å²) >= 11 is 0. The van der Waals surface area contributed by atoms with E-state index in [-0.39, 0.29) is 12.2 Å².